The van der Waals surface area contributed by atoms with E-state index in [1.807, 2.05) is 0 Å². The Balaban J connectivity index is 1.74. The molecule has 1 saturated carbocycles. The van der Waals surface area contributed by atoms with Crippen LogP contribution in [0.2, 0.25) is 0 Å². The molecule has 94 valence electrons. The number of nitrogens with one attached hydrogen (secondary N) is 1. The molecule has 0 heterocycles. The van der Waals surface area contributed by atoms with Crippen LogP contribution in [0.5, 0.6) is 0 Å². The molecule has 0 aliphatic heterocycles. The van der Waals surface area contributed by atoms with Gasteiger partial charge in [-0.15, -0.1) is 0 Å². The fourth-order valence-electron chi connectivity index (χ4n) is 2.25. The van der Waals surface area contributed by atoms with Crippen molar-refractivity contribution in [3.63, 3.8) is 0 Å². The molecule has 2 N–H and O–H groups in total. The van der Waals surface area contributed by atoms with Crippen molar-refractivity contribution in [1.29, 1.82) is 0 Å². The summed E-state index contributed by atoms with van der Waals surface area (Å²) in [6, 6.07) is 6.62. The van der Waals surface area contributed by atoms with Gasteiger partial charge in [0.2, 0.25) is 0 Å². The molecule has 3 unspecified atom stereocenters. The van der Waals surface area contributed by atoms with Gasteiger partial charge in [0, 0.05) is 12.6 Å². The van der Waals surface area contributed by atoms with Crippen LogP contribution in [-0.2, 0) is 0 Å². The topological polar surface area (TPSA) is 32.3 Å². The third-order valence-corrected chi connectivity index (χ3v) is 3.41. The second kappa shape index (κ2) is 5.61. The molecule has 0 spiro atoms. The van der Waals surface area contributed by atoms with E-state index >= 15 is 0 Å². The van der Waals surface area contributed by atoms with Gasteiger partial charge in [-0.3, -0.25) is 0 Å². The van der Waals surface area contributed by atoms with Crippen LogP contribution < -0.4 is 5.32 Å². The first-order valence-corrected chi connectivity index (χ1v) is 6.37. The smallest absolute Gasteiger partial charge is 0.123 e. The highest BCUT2D eigenvalue weighted by molar-refractivity contribution is 5.18. The van der Waals surface area contributed by atoms with Gasteiger partial charge in [-0.05, 0) is 36.5 Å². The molecule has 0 aromatic heterocycles. The highest BCUT2D eigenvalue weighted by Crippen LogP contribution is 2.34. The molecular weight excluding hydrogens is 217 g/mol. The van der Waals surface area contributed by atoms with Gasteiger partial charge >= 0.3 is 0 Å². The summed E-state index contributed by atoms with van der Waals surface area (Å²) in [6.07, 6.45) is 3.18. The van der Waals surface area contributed by atoms with E-state index < -0.39 is 6.10 Å². The standard InChI is InChI=1S/C14H20FNO/c1-2-3-11-8-13(11)16-9-14(17)10-4-6-12(15)7-5-10/h4-7,11,13-14,16-17H,2-3,8-9H2,1H3. The predicted molar refractivity (Wildman–Crippen MR) is 66.2 cm³/mol. The van der Waals surface area contributed by atoms with E-state index in [2.05, 4.69) is 12.2 Å². The van der Waals surface area contributed by atoms with E-state index in [0.717, 1.165) is 11.5 Å². The lowest BCUT2D eigenvalue weighted by Crippen LogP contribution is -2.24. The van der Waals surface area contributed by atoms with Crippen LogP contribution >= 0.6 is 0 Å². The Labute approximate surface area is 102 Å². The van der Waals surface area contributed by atoms with Gasteiger partial charge in [-0.25, -0.2) is 4.39 Å². The van der Waals surface area contributed by atoms with Crippen molar-refractivity contribution in [2.45, 2.75) is 38.3 Å². The van der Waals surface area contributed by atoms with Crippen LogP contribution in [0.1, 0.15) is 37.9 Å². The third kappa shape index (κ3) is 3.51. The monoisotopic (exact) mass is 237 g/mol. The Morgan fingerprint density at radius 2 is 2.12 bits per heavy atom. The minimum atomic E-state index is -0.543. The fourth-order valence-corrected chi connectivity index (χ4v) is 2.25. The van der Waals surface area contributed by atoms with E-state index in [0.29, 0.717) is 12.6 Å². The summed E-state index contributed by atoms with van der Waals surface area (Å²) < 4.78 is 12.7. The summed E-state index contributed by atoms with van der Waals surface area (Å²) in [5.74, 6) is 0.527. The van der Waals surface area contributed by atoms with Gasteiger partial charge in [0.05, 0.1) is 6.10 Å². The first-order chi connectivity index (χ1) is 8.20. The number of aliphatic hydroxyl groups excluding tert-OH is 1. The number of halogens is 1. The normalized spacial score (nSPS) is 24.6. The number of rotatable bonds is 6. The van der Waals surface area contributed by atoms with Gasteiger partial charge in [0.1, 0.15) is 5.82 Å². The molecule has 2 nitrogen and oxygen atoms in total. The number of hydrogen-bond acceptors (Lipinski definition) is 2. The Bertz CT molecular complexity index is 352. The maximum absolute atomic E-state index is 12.7. The summed E-state index contributed by atoms with van der Waals surface area (Å²) in [6.45, 7) is 2.75. The van der Waals surface area contributed by atoms with Crippen molar-refractivity contribution < 1.29 is 9.50 Å². The molecule has 0 saturated heterocycles. The minimum Gasteiger partial charge on any atom is -0.387 e. The van der Waals surface area contributed by atoms with Crippen LogP contribution in [0.25, 0.3) is 0 Å². The van der Waals surface area contributed by atoms with Crippen molar-refractivity contribution in [3.8, 4) is 0 Å². The first kappa shape index (κ1) is 12.5. The van der Waals surface area contributed by atoms with Gasteiger partial charge in [0.25, 0.3) is 0 Å². The zero-order valence-electron chi connectivity index (χ0n) is 10.2. The van der Waals surface area contributed by atoms with Crippen LogP contribution in [-0.4, -0.2) is 17.7 Å². The van der Waals surface area contributed by atoms with Crippen LogP contribution in [0.4, 0.5) is 4.39 Å². The SMILES string of the molecule is CCCC1CC1NCC(O)c1ccc(F)cc1. The molecule has 1 fully saturated rings. The first-order valence-electron chi connectivity index (χ1n) is 6.37. The Morgan fingerprint density at radius 3 is 2.76 bits per heavy atom. The largest absolute Gasteiger partial charge is 0.387 e. The Kier molecular flexibility index (Phi) is 4.13. The van der Waals surface area contributed by atoms with Gasteiger partial charge < -0.3 is 10.4 Å². The predicted octanol–water partition coefficient (Wildman–Crippen LogP) is 2.64. The third-order valence-electron chi connectivity index (χ3n) is 3.41. The molecule has 0 bridgehead atoms. The summed E-state index contributed by atoms with van der Waals surface area (Å²) in [5, 5.41) is 13.3. The lowest BCUT2D eigenvalue weighted by atomic mass is 10.1. The van der Waals surface area contributed by atoms with Crippen molar-refractivity contribution in [1.82, 2.24) is 5.32 Å². The Morgan fingerprint density at radius 1 is 1.41 bits per heavy atom. The molecule has 2 rings (SSSR count). The minimum absolute atomic E-state index is 0.265. The molecule has 1 aromatic rings. The zero-order valence-corrected chi connectivity index (χ0v) is 10.2. The molecule has 1 aromatic carbocycles. The molecular formula is C14H20FNO. The van der Waals surface area contributed by atoms with Gasteiger partial charge in [-0.2, -0.15) is 0 Å². The number of benzene rings is 1. The van der Waals surface area contributed by atoms with Crippen LogP contribution in [0.15, 0.2) is 24.3 Å². The van der Waals surface area contributed by atoms with Crippen molar-refractivity contribution in [2.24, 2.45) is 5.92 Å². The summed E-state index contributed by atoms with van der Waals surface area (Å²) in [7, 11) is 0. The molecule has 3 atom stereocenters. The number of aliphatic hydroxyl groups is 1. The van der Waals surface area contributed by atoms with Crippen molar-refractivity contribution in [3.05, 3.63) is 35.6 Å². The van der Waals surface area contributed by atoms with Crippen molar-refractivity contribution >= 4 is 0 Å². The average Bonchev–Trinajstić information content (AvgIpc) is 3.06. The number of hydrogen-bond donors (Lipinski definition) is 2. The highest BCUT2D eigenvalue weighted by Gasteiger charge is 2.35. The second-order valence-corrected chi connectivity index (χ2v) is 4.87. The zero-order chi connectivity index (χ0) is 12.3. The maximum atomic E-state index is 12.7. The molecule has 0 amide bonds. The summed E-state index contributed by atoms with van der Waals surface area (Å²) >= 11 is 0. The molecule has 1 aliphatic carbocycles. The van der Waals surface area contributed by atoms with Crippen molar-refractivity contribution in [2.75, 3.05) is 6.54 Å². The fraction of sp³-hybridized carbons (Fsp3) is 0.571. The molecule has 17 heavy (non-hydrogen) atoms. The van der Waals surface area contributed by atoms with Crippen LogP contribution in [0, 0.1) is 11.7 Å². The Hall–Kier alpha value is -0.930. The lowest BCUT2D eigenvalue weighted by Gasteiger charge is -2.12. The van der Waals surface area contributed by atoms with E-state index in [4.69, 9.17) is 0 Å². The van der Waals surface area contributed by atoms with E-state index in [9.17, 15) is 9.50 Å². The van der Waals surface area contributed by atoms with E-state index in [-0.39, 0.29) is 5.82 Å². The molecule has 3 heteroatoms. The van der Waals surface area contributed by atoms with Gasteiger partial charge in [0.15, 0.2) is 0 Å². The van der Waals surface area contributed by atoms with Crippen LogP contribution in [0.3, 0.4) is 0 Å². The summed E-state index contributed by atoms with van der Waals surface area (Å²) in [5.41, 5.74) is 0.770. The lowest BCUT2D eigenvalue weighted by molar-refractivity contribution is 0.173. The van der Waals surface area contributed by atoms with E-state index in [1.165, 1.54) is 31.4 Å². The highest BCUT2D eigenvalue weighted by atomic mass is 19.1. The maximum Gasteiger partial charge on any atom is 0.123 e. The second-order valence-electron chi connectivity index (χ2n) is 4.87. The summed E-state index contributed by atoms with van der Waals surface area (Å²) in [4.78, 5) is 0. The molecule has 0 radical (unpaired) electrons. The average molecular weight is 237 g/mol. The van der Waals surface area contributed by atoms with Gasteiger partial charge in [-0.1, -0.05) is 25.5 Å². The quantitative estimate of drug-likeness (QED) is 0.797. The molecule has 1 aliphatic rings. The van der Waals surface area contributed by atoms with E-state index in [1.54, 1.807) is 12.1 Å².